The quantitative estimate of drug-likeness (QED) is 0.835. The van der Waals surface area contributed by atoms with Crippen molar-refractivity contribution in [3.05, 3.63) is 36.4 Å². The van der Waals surface area contributed by atoms with Gasteiger partial charge in [-0.1, -0.05) is 0 Å². The van der Waals surface area contributed by atoms with Gasteiger partial charge >= 0.3 is 0 Å². The highest BCUT2D eigenvalue weighted by atomic mass is 16.3. The Balaban J connectivity index is 1.99. The molecular formula is C12H13N5O2. The maximum atomic E-state index is 12.5. The molecule has 0 aromatic carbocycles. The van der Waals surface area contributed by atoms with E-state index < -0.39 is 6.04 Å². The summed E-state index contributed by atoms with van der Waals surface area (Å²) in [5.74, 6) is 1.01. The lowest BCUT2D eigenvalue weighted by atomic mass is 10.1. The van der Waals surface area contributed by atoms with Gasteiger partial charge in [-0.15, -0.1) is 0 Å². The molecule has 3 rings (SSSR count). The number of carbonyl (C=O) groups excluding carboxylic acids is 1. The molecule has 7 heteroatoms. The topological polar surface area (TPSA) is 84.2 Å². The van der Waals surface area contributed by atoms with E-state index >= 15 is 0 Å². The van der Waals surface area contributed by atoms with Crippen LogP contribution >= 0.6 is 0 Å². The Bertz CT molecular complexity index is 583. The van der Waals surface area contributed by atoms with Gasteiger partial charge in [-0.3, -0.25) is 14.7 Å². The molecule has 2 aromatic rings. The van der Waals surface area contributed by atoms with Crippen LogP contribution < -0.4 is 10.2 Å². The first-order valence-corrected chi connectivity index (χ1v) is 5.98. The summed E-state index contributed by atoms with van der Waals surface area (Å²) in [5, 5.41) is 2.96. The third-order valence-electron chi connectivity index (χ3n) is 3.13. The first-order valence-electron chi connectivity index (χ1n) is 5.98. The third kappa shape index (κ3) is 1.97. The minimum atomic E-state index is -0.540. The van der Waals surface area contributed by atoms with Gasteiger partial charge in [0, 0.05) is 25.4 Å². The van der Waals surface area contributed by atoms with E-state index in [1.165, 1.54) is 6.39 Å². The van der Waals surface area contributed by atoms with Gasteiger partial charge in [-0.05, 0) is 7.05 Å². The molecule has 19 heavy (non-hydrogen) atoms. The minimum Gasteiger partial charge on any atom is -0.446 e. The maximum Gasteiger partial charge on any atom is 0.253 e. The van der Waals surface area contributed by atoms with Gasteiger partial charge in [-0.25, -0.2) is 9.97 Å². The van der Waals surface area contributed by atoms with Crippen molar-refractivity contribution >= 4 is 11.7 Å². The van der Waals surface area contributed by atoms with Crippen molar-refractivity contribution in [2.75, 3.05) is 18.5 Å². The number of fused-ring (bicyclic) bond motifs is 1. The predicted octanol–water partition coefficient (Wildman–Crippen LogP) is 0.314. The first kappa shape index (κ1) is 11.8. The second kappa shape index (κ2) is 4.77. The molecule has 1 unspecified atom stereocenters. The fraction of sp³-hybridized carbons (Fsp3) is 0.333. The molecule has 0 aliphatic carbocycles. The lowest BCUT2D eigenvalue weighted by molar-refractivity contribution is -0.120. The van der Waals surface area contributed by atoms with E-state index in [9.17, 15) is 4.79 Å². The Morgan fingerprint density at radius 2 is 2.32 bits per heavy atom. The molecule has 0 radical (unpaired) electrons. The monoisotopic (exact) mass is 259 g/mol. The molecule has 7 nitrogen and oxygen atoms in total. The summed E-state index contributed by atoms with van der Waals surface area (Å²) >= 11 is 0. The summed E-state index contributed by atoms with van der Waals surface area (Å²) in [6.45, 7) is 0.509. The molecule has 1 aliphatic heterocycles. The van der Waals surface area contributed by atoms with Crippen LogP contribution in [0, 0.1) is 0 Å². The number of nitrogens with one attached hydrogen (secondary N) is 1. The molecule has 0 spiro atoms. The second-order valence-corrected chi connectivity index (χ2v) is 4.19. The number of oxazole rings is 1. The van der Waals surface area contributed by atoms with Gasteiger partial charge in [0.1, 0.15) is 6.04 Å². The van der Waals surface area contributed by atoms with Gasteiger partial charge < -0.3 is 9.73 Å². The highest BCUT2D eigenvalue weighted by molar-refractivity contribution is 5.97. The second-order valence-electron chi connectivity index (χ2n) is 4.19. The molecule has 0 saturated heterocycles. The highest BCUT2D eigenvalue weighted by Gasteiger charge is 2.34. The van der Waals surface area contributed by atoms with E-state index in [1.807, 2.05) is 0 Å². The number of aromatic nitrogens is 3. The van der Waals surface area contributed by atoms with Crippen molar-refractivity contribution < 1.29 is 9.21 Å². The van der Waals surface area contributed by atoms with Crippen LogP contribution in [0.2, 0.25) is 0 Å². The van der Waals surface area contributed by atoms with Crippen LogP contribution in [-0.4, -0.2) is 34.5 Å². The number of amides is 1. The summed E-state index contributed by atoms with van der Waals surface area (Å²) in [4.78, 5) is 26.5. The van der Waals surface area contributed by atoms with E-state index in [0.29, 0.717) is 24.5 Å². The molecular weight excluding hydrogens is 246 g/mol. The fourth-order valence-corrected chi connectivity index (χ4v) is 2.21. The largest absolute Gasteiger partial charge is 0.446 e. The van der Waals surface area contributed by atoms with E-state index in [2.05, 4.69) is 20.3 Å². The minimum absolute atomic E-state index is 0.112. The van der Waals surface area contributed by atoms with Crippen LogP contribution in [0.5, 0.6) is 0 Å². The molecule has 1 N–H and O–H groups in total. The number of hydrogen-bond donors (Lipinski definition) is 1. The SMILES string of the molecule is CNC1C(=O)N(c2cnccn2)CCc2ncoc21. The van der Waals surface area contributed by atoms with Gasteiger partial charge in [0.15, 0.2) is 18.0 Å². The van der Waals surface area contributed by atoms with Crippen molar-refractivity contribution in [1.29, 1.82) is 0 Å². The summed E-state index contributed by atoms with van der Waals surface area (Å²) in [5.41, 5.74) is 0.805. The predicted molar refractivity (Wildman–Crippen MR) is 66.4 cm³/mol. The third-order valence-corrected chi connectivity index (χ3v) is 3.13. The normalized spacial score (nSPS) is 19.1. The average molecular weight is 259 g/mol. The fourth-order valence-electron chi connectivity index (χ4n) is 2.21. The van der Waals surface area contributed by atoms with Gasteiger partial charge in [0.25, 0.3) is 5.91 Å². The molecule has 0 bridgehead atoms. The van der Waals surface area contributed by atoms with E-state index in [1.54, 1.807) is 30.5 Å². The number of likely N-dealkylation sites (N-methyl/N-ethyl adjacent to an activating group) is 1. The van der Waals surface area contributed by atoms with Crippen molar-refractivity contribution in [2.24, 2.45) is 0 Å². The average Bonchev–Trinajstić information content (AvgIpc) is 2.85. The summed E-state index contributed by atoms with van der Waals surface area (Å²) in [6.07, 6.45) is 6.72. The van der Waals surface area contributed by atoms with Crippen LogP contribution in [-0.2, 0) is 11.2 Å². The molecule has 1 aliphatic rings. The molecule has 3 heterocycles. The molecule has 1 amide bonds. The number of hydrogen-bond acceptors (Lipinski definition) is 6. The Kier molecular flexibility index (Phi) is 2.96. The summed E-state index contributed by atoms with van der Waals surface area (Å²) in [7, 11) is 1.72. The van der Waals surface area contributed by atoms with Gasteiger partial charge in [-0.2, -0.15) is 0 Å². The highest BCUT2D eigenvalue weighted by Crippen LogP contribution is 2.25. The summed E-state index contributed by atoms with van der Waals surface area (Å²) < 4.78 is 5.34. The van der Waals surface area contributed by atoms with Gasteiger partial charge in [0.2, 0.25) is 0 Å². The molecule has 98 valence electrons. The van der Waals surface area contributed by atoms with Crippen molar-refractivity contribution in [2.45, 2.75) is 12.5 Å². The Morgan fingerprint density at radius 1 is 1.42 bits per heavy atom. The zero-order valence-corrected chi connectivity index (χ0v) is 10.4. The lowest BCUT2D eigenvalue weighted by Gasteiger charge is -2.22. The Labute approximate surface area is 109 Å². The molecule has 0 fully saturated rings. The zero-order valence-electron chi connectivity index (χ0n) is 10.4. The van der Waals surface area contributed by atoms with Crippen molar-refractivity contribution in [3.8, 4) is 0 Å². The molecule has 0 saturated carbocycles. The van der Waals surface area contributed by atoms with Crippen LogP contribution in [0.3, 0.4) is 0 Å². The lowest BCUT2D eigenvalue weighted by Crippen LogP contribution is -2.39. The van der Waals surface area contributed by atoms with Gasteiger partial charge in [0.05, 0.1) is 11.9 Å². The zero-order chi connectivity index (χ0) is 13.2. The smallest absolute Gasteiger partial charge is 0.253 e. The number of nitrogens with zero attached hydrogens (tertiary/aromatic N) is 4. The van der Waals surface area contributed by atoms with Crippen LogP contribution in [0.1, 0.15) is 17.5 Å². The first-order chi connectivity index (χ1) is 9.31. The Hall–Kier alpha value is -2.28. The van der Waals surface area contributed by atoms with Crippen LogP contribution in [0.4, 0.5) is 5.82 Å². The van der Waals surface area contributed by atoms with E-state index in [-0.39, 0.29) is 5.91 Å². The van der Waals surface area contributed by atoms with E-state index in [4.69, 9.17) is 4.42 Å². The Morgan fingerprint density at radius 3 is 3.05 bits per heavy atom. The molecule has 2 aromatic heterocycles. The van der Waals surface area contributed by atoms with Crippen molar-refractivity contribution in [3.63, 3.8) is 0 Å². The molecule has 1 atom stereocenters. The van der Waals surface area contributed by atoms with Crippen molar-refractivity contribution in [1.82, 2.24) is 20.3 Å². The van der Waals surface area contributed by atoms with Crippen LogP contribution in [0.25, 0.3) is 0 Å². The number of rotatable bonds is 2. The van der Waals surface area contributed by atoms with E-state index in [0.717, 1.165) is 5.69 Å². The van der Waals surface area contributed by atoms with Crippen LogP contribution in [0.15, 0.2) is 29.4 Å². The maximum absolute atomic E-state index is 12.5. The number of carbonyl (C=O) groups is 1. The standard InChI is InChI=1S/C12H13N5O2/c1-13-10-11-8(16-7-19-11)2-5-17(12(10)18)9-6-14-3-4-15-9/h3-4,6-7,10,13H,2,5H2,1H3. The number of anilines is 1. The summed E-state index contributed by atoms with van der Waals surface area (Å²) in [6, 6.07) is -0.540.